The highest BCUT2D eigenvalue weighted by molar-refractivity contribution is 5.33. The highest BCUT2D eigenvalue weighted by Gasteiger charge is 2.24. The number of hydrogen-bond acceptors (Lipinski definition) is 4. The highest BCUT2D eigenvalue weighted by Crippen LogP contribution is 2.23. The van der Waals surface area contributed by atoms with Crippen molar-refractivity contribution in [3.8, 4) is 11.8 Å². The Morgan fingerprint density at radius 3 is 3.00 bits per heavy atom. The molecule has 1 heterocycles. The van der Waals surface area contributed by atoms with Crippen molar-refractivity contribution in [3.05, 3.63) is 29.8 Å². The van der Waals surface area contributed by atoms with Gasteiger partial charge in [0.15, 0.2) is 0 Å². The molecule has 0 aliphatic carbocycles. The van der Waals surface area contributed by atoms with E-state index in [9.17, 15) is 5.26 Å². The molecule has 0 aromatic heterocycles. The minimum atomic E-state index is -0.443. The zero-order chi connectivity index (χ0) is 14.4. The first kappa shape index (κ1) is 14.8. The van der Waals surface area contributed by atoms with Crippen LogP contribution in [0.15, 0.2) is 24.3 Å². The maximum atomic E-state index is 9.30. The van der Waals surface area contributed by atoms with Crippen LogP contribution in [0.5, 0.6) is 5.75 Å². The molecule has 4 nitrogen and oxygen atoms in total. The molecular formula is C16H23N3O. The van der Waals surface area contributed by atoms with Crippen molar-refractivity contribution >= 4 is 0 Å². The van der Waals surface area contributed by atoms with Crippen LogP contribution in [-0.2, 0) is 6.54 Å². The molecule has 0 saturated heterocycles. The molecule has 1 N–H and O–H groups in total. The van der Waals surface area contributed by atoms with E-state index in [2.05, 4.69) is 22.4 Å². The highest BCUT2D eigenvalue weighted by atomic mass is 16.5. The molecule has 1 aromatic rings. The molecule has 0 radical (unpaired) electrons. The molecule has 0 saturated carbocycles. The molecule has 1 aliphatic rings. The van der Waals surface area contributed by atoms with Crippen LogP contribution >= 0.6 is 0 Å². The van der Waals surface area contributed by atoms with Gasteiger partial charge in [-0.3, -0.25) is 10.2 Å². The Bertz CT molecular complexity index is 483. The monoisotopic (exact) mass is 273 g/mol. The van der Waals surface area contributed by atoms with Crippen molar-refractivity contribution in [3.63, 3.8) is 0 Å². The number of fused-ring (bicyclic) bond motifs is 1. The second kappa shape index (κ2) is 6.74. The van der Waals surface area contributed by atoms with Gasteiger partial charge in [-0.25, -0.2) is 0 Å². The van der Waals surface area contributed by atoms with E-state index in [0.29, 0.717) is 6.61 Å². The van der Waals surface area contributed by atoms with Gasteiger partial charge in [-0.15, -0.1) is 0 Å². The molecule has 2 rings (SSSR count). The number of nitrogens with one attached hydrogen (secondary N) is 1. The Balaban J connectivity index is 1.96. The first-order valence-corrected chi connectivity index (χ1v) is 7.26. The number of nitriles is 1. The molecule has 1 unspecified atom stereocenters. The van der Waals surface area contributed by atoms with E-state index in [1.54, 1.807) is 0 Å². The summed E-state index contributed by atoms with van der Waals surface area (Å²) < 4.78 is 5.76. The Morgan fingerprint density at radius 2 is 2.25 bits per heavy atom. The summed E-state index contributed by atoms with van der Waals surface area (Å²) >= 11 is 0. The lowest BCUT2D eigenvalue weighted by atomic mass is 9.99. The fourth-order valence-electron chi connectivity index (χ4n) is 2.53. The Hall–Kier alpha value is -1.57. The van der Waals surface area contributed by atoms with Crippen LogP contribution in [0.25, 0.3) is 0 Å². The third-order valence-corrected chi connectivity index (χ3v) is 3.77. The summed E-state index contributed by atoms with van der Waals surface area (Å²) in [6.07, 6.45) is 0.819. The number of rotatable bonds is 5. The summed E-state index contributed by atoms with van der Waals surface area (Å²) in [6.45, 7) is 8.22. The SMILES string of the molecule is CCNC(C)(C#N)CCN1CCOc2ccccc2C1. The van der Waals surface area contributed by atoms with Gasteiger partial charge < -0.3 is 4.74 Å². The molecule has 0 amide bonds. The average molecular weight is 273 g/mol. The predicted octanol–water partition coefficient (Wildman–Crippen LogP) is 2.16. The van der Waals surface area contributed by atoms with Gasteiger partial charge in [-0.05, 0) is 26.0 Å². The molecule has 0 spiro atoms. The Kier molecular flexibility index (Phi) is 4.99. The van der Waals surface area contributed by atoms with Crippen LogP contribution in [0.4, 0.5) is 0 Å². The lowest BCUT2D eigenvalue weighted by Crippen LogP contribution is -2.44. The smallest absolute Gasteiger partial charge is 0.123 e. The Morgan fingerprint density at radius 1 is 1.45 bits per heavy atom. The molecule has 1 aromatic carbocycles. The van der Waals surface area contributed by atoms with Crippen molar-refractivity contribution in [1.82, 2.24) is 10.2 Å². The molecule has 108 valence electrons. The summed E-state index contributed by atoms with van der Waals surface area (Å²) in [5.74, 6) is 0.990. The topological polar surface area (TPSA) is 48.3 Å². The maximum absolute atomic E-state index is 9.30. The standard InChI is InChI=1S/C16H23N3O/c1-3-18-16(2,13-17)8-9-19-10-11-20-15-7-5-4-6-14(15)12-19/h4-7,18H,3,8-12H2,1-2H3. The number of benzene rings is 1. The molecule has 1 aliphatic heterocycles. The average Bonchev–Trinajstić information content (AvgIpc) is 2.67. The van der Waals surface area contributed by atoms with Gasteiger partial charge in [0.1, 0.15) is 17.9 Å². The van der Waals surface area contributed by atoms with E-state index in [0.717, 1.165) is 38.3 Å². The van der Waals surface area contributed by atoms with Gasteiger partial charge in [-0.2, -0.15) is 5.26 Å². The van der Waals surface area contributed by atoms with Gasteiger partial charge in [0.05, 0.1) is 6.07 Å². The normalized spacial score (nSPS) is 18.2. The number of para-hydroxylation sites is 1. The van der Waals surface area contributed by atoms with Crippen molar-refractivity contribution in [2.45, 2.75) is 32.4 Å². The van der Waals surface area contributed by atoms with Gasteiger partial charge in [0.2, 0.25) is 0 Å². The zero-order valence-electron chi connectivity index (χ0n) is 12.4. The van der Waals surface area contributed by atoms with Crippen LogP contribution in [0, 0.1) is 11.3 Å². The molecular weight excluding hydrogens is 250 g/mol. The van der Waals surface area contributed by atoms with E-state index in [4.69, 9.17) is 4.74 Å². The lowest BCUT2D eigenvalue weighted by molar-refractivity contribution is 0.210. The first-order valence-electron chi connectivity index (χ1n) is 7.26. The molecule has 1 atom stereocenters. The minimum Gasteiger partial charge on any atom is -0.492 e. The Labute approximate surface area is 121 Å². The predicted molar refractivity (Wildman–Crippen MR) is 79.5 cm³/mol. The summed E-state index contributed by atoms with van der Waals surface area (Å²) in [4.78, 5) is 2.36. The second-order valence-corrected chi connectivity index (χ2v) is 5.46. The van der Waals surface area contributed by atoms with Gasteiger partial charge in [0, 0.05) is 25.2 Å². The van der Waals surface area contributed by atoms with Crippen LogP contribution in [0.2, 0.25) is 0 Å². The van der Waals surface area contributed by atoms with Crippen LogP contribution < -0.4 is 10.1 Å². The van der Waals surface area contributed by atoms with Gasteiger partial charge in [-0.1, -0.05) is 25.1 Å². The van der Waals surface area contributed by atoms with Crippen LogP contribution in [0.3, 0.4) is 0 Å². The first-order chi connectivity index (χ1) is 9.67. The second-order valence-electron chi connectivity index (χ2n) is 5.46. The number of hydrogen-bond donors (Lipinski definition) is 1. The third kappa shape index (κ3) is 3.72. The zero-order valence-corrected chi connectivity index (χ0v) is 12.4. The van der Waals surface area contributed by atoms with Gasteiger partial charge in [0.25, 0.3) is 0 Å². The summed E-state index contributed by atoms with van der Waals surface area (Å²) in [6, 6.07) is 10.6. The molecule has 0 fully saturated rings. The maximum Gasteiger partial charge on any atom is 0.123 e. The van der Waals surface area contributed by atoms with Crippen LogP contribution in [0.1, 0.15) is 25.8 Å². The van der Waals surface area contributed by atoms with Crippen molar-refractivity contribution in [1.29, 1.82) is 5.26 Å². The van der Waals surface area contributed by atoms with Crippen molar-refractivity contribution in [2.24, 2.45) is 0 Å². The molecule has 0 bridgehead atoms. The van der Waals surface area contributed by atoms with E-state index >= 15 is 0 Å². The minimum absolute atomic E-state index is 0.443. The summed E-state index contributed by atoms with van der Waals surface area (Å²) in [5, 5.41) is 12.6. The fourth-order valence-corrected chi connectivity index (χ4v) is 2.53. The van der Waals surface area contributed by atoms with Crippen molar-refractivity contribution in [2.75, 3.05) is 26.2 Å². The molecule has 20 heavy (non-hydrogen) atoms. The lowest BCUT2D eigenvalue weighted by Gasteiger charge is -2.27. The largest absolute Gasteiger partial charge is 0.492 e. The van der Waals surface area contributed by atoms with E-state index < -0.39 is 5.54 Å². The van der Waals surface area contributed by atoms with Gasteiger partial charge >= 0.3 is 0 Å². The van der Waals surface area contributed by atoms with E-state index in [1.807, 2.05) is 32.0 Å². The third-order valence-electron chi connectivity index (χ3n) is 3.77. The molecule has 4 heteroatoms. The summed E-state index contributed by atoms with van der Waals surface area (Å²) in [5.41, 5.74) is 0.786. The summed E-state index contributed by atoms with van der Waals surface area (Å²) in [7, 11) is 0. The fraction of sp³-hybridized carbons (Fsp3) is 0.562. The number of ether oxygens (including phenoxy) is 1. The van der Waals surface area contributed by atoms with E-state index in [-0.39, 0.29) is 0 Å². The van der Waals surface area contributed by atoms with E-state index in [1.165, 1.54) is 5.56 Å². The quantitative estimate of drug-likeness (QED) is 0.893. The number of nitrogens with zero attached hydrogens (tertiary/aromatic N) is 2. The van der Waals surface area contributed by atoms with Crippen molar-refractivity contribution < 1.29 is 4.74 Å². The van der Waals surface area contributed by atoms with Crippen LogP contribution in [-0.4, -0.2) is 36.7 Å².